The molecule has 0 radical (unpaired) electrons. The first-order valence-corrected chi connectivity index (χ1v) is 11.7. The van der Waals surface area contributed by atoms with Crippen LogP contribution in [0.5, 0.6) is 5.75 Å². The summed E-state index contributed by atoms with van der Waals surface area (Å²) in [4.78, 5) is 31.2. The number of benzene rings is 2. The number of aromatic nitrogens is 1. The molecule has 1 unspecified atom stereocenters. The molecule has 1 aliphatic rings. The Kier molecular flexibility index (Phi) is 7.32. The van der Waals surface area contributed by atoms with E-state index in [-0.39, 0.29) is 17.8 Å². The van der Waals surface area contributed by atoms with Crippen molar-refractivity contribution in [1.82, 2.24) is 9.88 Å². The Labute approximate surface area is 202 Å². The molecule has 1 aliphatic heterocycles. The third-order valence-electron chi connectivity index (χ3n) is 5.95. The van der Waals surface area contributed by atoms with E-state index in [9.17, 15) is 14.0 Å². The summed E-state index contributed by atoms with van der Waals surface area (Å²) in [5.41, 5.74) is 2.19. The molecule has 0 spiro atoms. The molecule has 4 rings (SSSR count). The van der Waals surface area contributed by atoms with Gasteiger partial charge in [0, 0.05) is 36.3 Å². The van der Waals surface area contributed by atoms with Crippen molar-refractivity contribution in [1.29, 1.82) is 0 Å². The summed E-state index contributed by atoms with van der Waals surface area (Å²) in [7, 11) is 0. The minimum absolute atomic E-state index is 0.172. The van der Waals surface area contributed by atoms with E-state index in [0.29, 0.717) is 48.0 Å². The molecule has 3 aromatic rings. The molecule has 8 heteroatoms. The molecule has 6 nitrogen and oxygen atoms in total. The van der Waals surface area contributed by atoms with Crippen molar-refractivity contribution in [3.63, 3.8) is 0 Å². The van der Waals surface area contributed by atoms with Crippen LogP contribution < -0.4 is 4.74 Å². The number of amides is 1. The van der Waals surface area contributed by atoms with Crippen LogP contribution in [-0.2, 0) is 14.3 Å². The monoisotopic (exact) mass is 484 g/mol. The van der Waals surface area contributed by atoms with E-state index in [1.807, 2.05) is 12.1 Å². The molecule has 2 atom stereocenters. The molecule has 0 bridgehead atoms. The highest BCUT2D eigenvalue weighted by molar-refractivity contribution is 6.33. The highest BCUT2D eigenvalue weighted by atomic mass is 35.5. The highest BCUT2D eigenvalue weighted by Crippen LogP contribution is 2.34. The smallest absolute Gasteiger partial charge is 0.310 e. The maximum Gasteiger partial charge on any atom is 0.310 e. The van der Waals surface area contributed by atoms with Gasteiger partial charge >= 0.3 is 5.97 Å². The topological polar surface area (TPSA) is 68.7 Å². The van der Waals surface area contributed by atoms with Crippen molar-refractivity contribution in [3.05, 3.63) is 59.5 Å². The number of hydrogen-bond acceptors (Lipinski definition) is 5. The van der Waals surface area contributed by atoms with Crippen molar-refractivity contribution in [2.75, 3.05) is 19.7 Å². The van der Waals surface area contributed by atoms with Crippen molar-refractivity contribution in [3.8, 4) is 16.9 Å². The number of piperidine rings is 1. The largest absolute Gasteiger partial charge is 0.481 e. The molecule has 0 aliphatic carbocycles. The maximum atomic E-state index is 13.5. The van der Waals surface area contributed by atoms with Crippen LogP contribution in [0.25, 0.3) is 22.0 Å². The van der Waals surface area contributed by atoms with E-state index in [1.165, 1.54) is 12.1 Å². The van der Waals surface area contributed by atoms with Crippen molar-refractivity contribution in [2.45, 2.75) is 32.8 Å². The van der Waals surface area contributed by atoms with Crippen LogP contribution in [0.4, 0.5) is 4.39 Å². The van der Waals surface area contributed by atoms with Gasteiger partial charge in [-0.05, 0) is 68.7 Å². The lowest BCUT2D eigenvalue weighted by Crippen LogP contribution is -2.47. The molecule has 2 heterocycles. The van der Waals surface area contributed by atoms with Gasteiger partial charge in [-0.2, -0.15) is 0 Å². The van der Waals surface area contributed by atoms with Gasteiger partial charge in [-0.15, -0.1) is 0 Å². The summed E-state index contributed by atoms with van der Waals surface area (Å²) in [6.07, 6.45) is 2.39. The zero-order chi connectivity index (χ0) is 24.2. The average Bonchev–Trinajstić information content (AvgIpc) is 2.83. The average molecular weight is 485 g/mol. The lowest BCUT2D eigenvalue weighted by Gasteiger charge is -2.33. The Bertz CT molecular complexity index is 1220. The second kappa shape index (κ2) is 10.4. The van der Waals surface area contributed by atoms with Crippen LogP contribution in [0, 0.1) is 11.7 Å². The van der Waals surface area contributed by atoms with Crippen LogP contribution in [-0.4, -0.2) is 47.6 Å². The highest BCUT2D eigenvalue weighted by Gasteiger charge is 2.32. The lowest BCUT2D eigenvalue weighted by molar-refractivity contribution is -0.152. The van der Waals surface area contributed by atoms with Crippen molar-refractivity contribution >= 4 is 34.4 Å². The zero-order valence-electron chi connectivity index (χ0n) is 19.1. The van der Waals surface area contributed by atoms with Gasteiger partial charge in [-0.3, -0.25) is 14.6 Å². The Hall–Kier alpha value is -3.19. The van der Waals surface area contributed by atoms with Crippen LogP contribution in [0.2, 0.25) is 5.02 Å². The molecule has 1 fully saturated rings. The van der Waals surface area contributed by atoms with E-state index < -0.39 is 11.9 Å². The van der Waals surface area contributed by atoms with Crippen LogP contribution in [0.15, 0.2) is 48.7 Å². The first-order chi connectivity index (χ1) is 16.4. The van der Waals surface area contributed by atoms with E-state index in [0.717, 1.165) is 17.4 Å². The number of halogens is 2. The minimum atomic E-state index is -0.729. The molecule has 178 valence electrons. The zero-order valence-corrected chi connectivity index (χ0v) is 19.8. The summed E-state index contributed by atoms with van der Waals surface area (Å²) >= 11 is 6.26. The molecule has 0 N–H and O–H groups in total. The third kappa shape index (κ3) is 5.14. The number of carbonyl (C=O) groups excluding carboxylic acids is 2. The molecule has 1 aromatic heterocycles. The number of nitrogens with zero attached hydrogens (tertiary/aromatic N) is 2. The van der Waals surface area contributed by atoms with Crippen LogP contribution in [0.3, 0.4) is 0 Å². The Morgan fingerprint density at radius 3 is 2.79 bits per heavy atom. The van der Waals surface area contributed by atoms with Gasteiger partial charge in [0.2, 0.25) is 0 Å². The summed E-state index contributed by atoms with van der Waals surface area (Å²) in [6, 6.07) is 11.5. The van der Waals surface area contributed by atoms with Gasteiger partial charge in [0.15, 0.2) is 6.10 Å². The van der Waals surface area contributed by atoms with Gasteiger partial charge in [0.1, 0.15) is 11.6 Å². The first kappa shape index (κ1) is 24.0. The van der Waals surface area contributed by atoms with Crippen molar-refractivity contribution < 1.29 is 23.5 Å². The second-order valence-electron chi connectivity index (χ2n) is 8.30. The van der Waals surface area contributed by atoms with Gasteiger partial charge in [0.25, 0.3) is 5.91 Å². The van der Waals surface area contributed by atoms with E-state index in [1.54, 1.807) is 43.1 Å². The number of ether oxygens (including phenoxy) is 2. The van der Waals surface area contributed by atoms with Gasteiger partial charge in [-0.1, -0.05) is 11.6 Å². The number of likely N-dealkylation sites (tertiary alicyclic amines) is 1. The minimum Gasteiger partial charge on any atom is -0.481 e. The molecular formula is C26H26ClFN2O4. The van der Waals surface area contributed by atoms with E-state index >= 15 is 0 Å². The standard InChI is InChI=1S/C26H26ClFN2O4/c1-3-33-26(32)17-5-4-12-30(15-17)25(31)16(2)34-19-7-9-22-20(10-11-29-24(22)14-19)21-8-6-18(28)13-23(21)27/h6-11,13-14,16-17H,3-5,12,15H2,1-2H3/t16?,17-/m0/s1. The SMILES string of the molecule is CCOC(=O)[C@H]1CCCN(C(=O)C(C)Oc2ccc3c(-c4ccc(F)cc4Cl)ccnc3c2)C1. The van der Waals surface area contributed by atoms with Gasteiger partial charge < -0.3 is 14.4 Å². The van der Waals surface area contributed by atoms with Crippen LogP contribution >= 0.6 is 11.6 Å². The maximum absolute atomic E-state index is 13.5. The lowest BCUT2D eigenvalue weighted by atomic mass is 9.98. The summed E-state index contributed by atoms with van der Waals surface area (Å²) in [5.74, 6) is -0.627. The number of fused-ring (bicyclic) bond motifs is 1. The Morgan fingerprint density at radius 2 is 2.03 bits per heavy atom. The Morgan fingerprint density at radius 1 is 1.21 bits per heavy atom. The quantitative estimate of drug-likeness (QED) is 0.446. The fourth-order valence-corrected chi connectivity index (χ4v) is 4.55. The third-order valence-corrected chi connectivity index (χ3v) is 6.26. The number of esters is 1. The summed E-state index contributed by atoms with van der Waals surface area (Å²) in [6.45, 7) is 4.72. The summed E-state index contributed by atoms with van der Waals surface area (Å²) < 4.78 is 24.5. The number of rotatable bonds is 6. The van der Waals surface area contributed by atoms with Crippen molar-refractivity contribution in [2.24, 2.45) is 5.92 Å². The fourth-order valence-electron chi connectivity index (χ4n) is 4.29. The molecular weight excluding hydrogens is 459 g/mol. The second-order valence-corrected chi connectivity index (χ2v) is 8.70. The predicted molar refractivity (Wildman–Crippen MR) is 128 cm³/mol. The molecule has 1 saturated heterocycles. The summed E-state index contributed by atoms with van der Waals surface area (Å²) in [5, 5.41) is 1.14. The Balaban J connectivity index is 1.50. The molecule has 34 heavy (non-hydrogen) atoms. The number of carbonyl (C=O) groups is 2. The van der Waals surface area contributed by atoms with Gasteiger partial charge in [0.05, 0.1) is 23.1 Å². The van der Waals surface area contributed by atoms with Gasteiger partial charge in [-0.25, -0.2) is 4.39 Å². The molecule has 1 amide bonds. The van der Waals surface area contributed by atoms with E-state index in [2.05, 4.69) is 4.98 Å². The predicted octanol–water partition coefficient (Wildman–Crippen LogP) is 5.26. The molecule has 0 saturated carbocycles. The van der Waals surface area contributed by atoms with Crippen LogP contribution in [0.1, 0.15) is 26.7 Å². The number of pyridine rings is 1. The van der Waals surface area contributed by atoms with E-state index in [4.69, 9.17) is 21.1 Å². The molecule has 2 aromatic carbocycles. The fraction of sp³-hybridized carbons (Fsp3) is 0.346. The number of hydrogen-bond donors (Lipinski definition) is 0. The normalized spacial score (nSPS) is 16.8. The first-order valence-electron chi connectivity index (χ1n) is 11.3.